The quantitative estimate of drug-likeness (QED) is 0.845. The topological polar surface area (TPSA) is 32.3 Å². The average Bonchev–Trinajstić information content (AvgIpc) is 2.59. The summed E-state index contributed by atoms with van der Waals surface area (Å²) in [4.78, 5) is 15.7. The molecule has 1 aliphatic rings. The monoisotopic (exact) mass is 350 g/mol. The number of piperidine rings is 1. The Labute approximate surface area is 157 Å². The molecule has 1 amide bonds. The molecule has 1 saturated heterocycles. The second-order valence-electron chi connectivity index (χ2n) is 7.97. The Morgan fingerprint density at radius 1 is 0.962 bits per heavy atom. The molecule has 1 aliphatic heterocycles. The third-order valence-corrected chi connectivity index (χ3v) is 5.36. The minimum Gasteiger partial charge on any atom is -0.324 e. The molecule has 0 radical (unpaired) electrons. The molecule has 0 spiro atoms. The van der Waals surface area contributed by atoms with Gasteiger partial charge in [0.1, 0.15) is 6.04 Å². The lowest BCUT2D eigenvalue weighted by atomic mass is 9.89. The van der Waals surface area contributed by atoms with Gasteiger partial charge in [0.25, 0.3) is 0 Å². The second-order valence-corrected chi connectivity index (χ2v) is 7.97. The highest BCUT2D eigenvalue weighted by Crippen LogP contribution is 2.31. The fourth-order valence-electron chi connectivity index (χ4n) is 4.29. The number of likely N-dealkylation sites (tertiary alicyclic amines) is 1. The number of hydrogen-bond donors (Lipinski definition) is 1. The van der Waals surface area contributed by atoms with Crippen molar-refractivity contribution in [1.82, 2.24) is 4.90 Å². The Kier molecular flexibility index (Phi) is 5.77. The molecule has 1 heterocycles. The lowest BCUT2D eigenvalue weighted by Crippen LogP contribution is -2.45. The first-order chi connectivity index (χ1) is 12.5. The Bertz CT molecular complexity index is 726. The van der Waals surface area contributed by atoms with Crippen LogP contribution in [-0.4, -0.2) is 23.9 Å². The number of benzene rings is 2. The number of anilines is 1. The van der Waals surface area contributed by atoms with Crippen LogP contribution in [-0.2, 0) is 4.79 Å². The van der Waals surface area contributed by atoms with Gasteiger partial charge in [-0.2, -0.15) is 0 Å². The van der Waals surface area contributed by atoms with Crippen LogP contribution in [0.3, 0.4) is 0 Å². The number of rotatable bonds is 4. The number of nitrogens with zero attached hydrogens (tertiary/aromatic N) is 1. The molecule has 138 valence electrons. The molecule has 1 fully saturated rings. The molecular formula is C23H30N2O. The van der Waals surface area contributed by atoms with Crippen LogP contribution in [0.2, 0.25) is 0 Å². The summed E-state index contributed by atoms with van der Waals surface area (Å²) in [6.45, 7) is 10.6. The Hall–Kier alpha value is -2.13. The maximum atomic E-state index is 13.4. The maximum absolute atomic E-state index is 13.4. The van der Waals surface area contributed by atoms with Crippen LogP contribution < -0.4 is 5.32 Å². The van der Waals surface area contributed by atoms with Gasteiger partial charge in [-0.1, -0.05) is 62.4 Å². The standard InChI is InChI=1S/C23H30N2O/c1-16-13-17(2)15-25(14-16)22(20-11-6-5-7-12-20)23(26)24-21-18(3)9-8-10-19(21)4/h5-12,16-17,22H,13-15H2,1-4H3,(H,24,26)/t16-,17+,22-/m1/s1. The molecule has 0 bridgehead atoms. The number of carbonyl (C=O) groups is 1. The van der Waals surface area contributed by atoms with Gasteiger partial charge >= 0.3 is 0 Å². The molecule has 2 aromatic carbocycles. The summed E-state index contributed by atoms with van der Waals surface area (Å²) in [5.41, 5.74) is 4.21. The Morgan fingerprint density at radius 3 is 2.12 bits per heavy atom. The van der Waals surface area contributed by atoms with E-state index < -0.39 is 0 Å². The highest BCUT2D eigenvalue weighted by molar-refractivity contribution is 5.96. The van der Waals surface area contributed by atoms with Crippen molar-refractivity contribution in [3.05, 3.63) is 65.2 Å². The molecule has 1 N–H and O–H groups in total. The summed E-state index contributed by atoms with van der Waals surface area (Å²) in [6.07, 6.45) is 1.23. The van der Waals surface area contributed by atoms with E-state index in [4.69, 9.17) is 0 Å². The summed E-state index contributed by atoms with van der Waals surface area (Å²) in [5.74, 6) is 1.28. The summed E-state index contributed by atoms with van der Waals surface area (Å²) >= 11 is 0. The molecule has 3 nitrogen and oxygen atoms in total. The molecule has 3 rings (SSSR count). The smallest absolute Gasteiger partial charge is 0.246 e. The number of para-hydroxylation sites is 1. The van der Waals surface area contributed by atoms with E-state index in [1.54, 1.807) is 0 Å². The summed E-state index contributed by atoms with van der Waals surface area (Å²) in [5, 5.41) is 3.22. The van der Waals surface area contributed by atoms with Crippen LogP contribution in [0.4, 0.5) is 5.69 Å². The SMILES string of the molecule is Cc1cccc(C)c1NC(=O)[C@@H](c1ccccc1)N1C[C@H](C)C[C@H](C)C1. The van der Waals surface area contributed by atoms with Gasteiger partial charge in [0.05, 0.1) is 0 Å². The van der Waals surface area contributed by atoms with Gasteiger partial charge in [-0.05, 0) is 48.8 Å². The van der Waals surface area contributed by atoms with Crippen molar-refractivity contribution in [3.63, 3.8) is 0 Å². The number of carbonyl (C=O) groups excluding carboxylic acids is 1. The van der Waals surface area contributed by atoms with Crippen LogP contribution in [0.15, 0.2) is 48.5 Å². The Morgan fingerprint density at radius 2 is 1.54 bits per heavy atom. The molecule has 0 saturated carbocycles. The minimum atomic E-state index is -0.250. The van der Waals surface area contributed by atoms with Gasteiger partial charge in [-0.15, -0.1) is 0 Å². The first-order valence-corrected chi connectivity index (χ1v) is 9.61. The van der Waals surface area contributed by atoms with Gasteiger partial charge < -0.3 is 5.32 Å². The number of aryl methyl sites for hydroxylation is 2. The van der Waals surface area contributed by atoms with E-state index in [1.165, 1.54) is 6.42 Å². The molecule has 0 unspecified atom stereocenters. The van der Waals surface area contributed by atoms with Crippen molar-refractivity contribution in [2.75, 3.05) is 18.4 Å². The molecule has 3 heteroatoms. The predicted octanol–water partition coefficient (Wildman–Crippen LogP) is 4.96. The van der Waals surface area contributed by atoms with Crippen molar-refractivity contribution in [1.29, 1.82) is 0 Å². The number of nitrogens with one attached hydrogen (secondary N) is 1. The first-order valence-electron chi connectivity index (χ1n) is 9.61. The summed E-state index contributed by atoms with van der Waals surface area (Å²) in [6, 6.07) is 16.1. The zero-order chi connectivity index (χ0) is 18.7. The van der Waals surface area contributed by atoms with Crippen LogP contribution in [0, 0.1) is 25.7 Å². The highest BCUT2D eigenvalue weighted by Gasteiger charge is 2.33. The normalized spacial score (nSPS) is 22.0. The maximum Gasteiger partial charge on any atom is 0.246 e. The zero-order valence-electron chi connectivity index (χ0n) is 16.3. The predicted molar refractivity (Wildman–Crippen MR) is 108 cm³/mol. The molecule has 0 aromatic heterocycles. The van der Waals surface area contributed by atoms with E-state index in [0.29, 0.717) is 11.8 Å². The van der Waals surface area contributed by atoms with Crippen LogP contribution >= 0.6 is 0 Å². The van der Waals surface area contributed by atoms with E-state index >= 15 is 0 Å². The number of amides is 1. The Balaban J connectivity index is 1.91. The van der Waals surface area contributed by atoms with E-state index in [2.05, 4.69) is 36.2 Å². The van der Waals surface area contributed by atoms with Gasteiger partial charge in [0, 0.05) is 18.8 Å². The van der Waals surface area contributed by atoms with E-state index in [0.717, 1.165) is 35.5 Å². The van der Waals surface area contributed by atoms with Crippen LogP contribution in [0.5, 0.6) is 0 Å². The average molecular weight is 351 g/mol. The van der Waals surface area contributed by atoms with Gasteiger partial charge in [-0.3, -0.25) is 9.69 Å². The largest absolute Gasteiger partial charge is 0.324 e. The van der Waals surface area contributed by atoms with E-state index in [-0.39, 0.29) is 11.9 Å². The van der Waals surface area contributed by atoms with Crippen LogP contribution in [0.1, 0.15) is 43.0 Å². The lowest BCUT2D eigenvalue weighted by Gasteiger charge is -2.39. The van der Waals surface area contributed by atoms with E-state index in [9.17, 15) is 4.79 Å². The van der Waals surface area contributed by atoms with Crippen molar-refractivity contribution >= 4 is 11.6 Å². The molecule has 2 aromatic rings. The molecular weight excluding hydrogens is 320 g/mol. The molecule has 0 aliphatic carbocycles. The van der Waals surface area contributed by atoms with Crippen molar-refractivity contribution in [2.45, 2.75) is 40.2 Å². The first kappa shape index (κ1) is 18.7. The molecule has 3 atom stereocenters. The summed E-state index contributed by atoms with van der Waals surface area (Å²) in [7, 11) is 0. The van der Waals surface area contributed by atoms with Gasteiger partial charge in [0.15, 0.2) is 0 Å². The van der Waals surface area contributed by atoms with E-state index in [1.807, 2.05) is 50.2 Å². The van der Waals surface area contributed by atoms with Crippen molar-refractivity contribution in [2.24, 2.45) is 11.8 Å². The fourth-order valence-corrected chi connectivity index (χ4v) is 4.29. The van der Waals surface area contributed by atoms with Gasteiger partial charge in [0.2, 0.25) is 5.91 Å². The zero-order valence-corrected chi connectivity index (χ0v) is 16.3. The third kappa shape index (κ3) is 4.16. The van der Waals surface area contributed by atoms with Crippen molar-refractivity contribution in [3.8, 4) is 0 Å². The fraction of sp³-hybridized carbons (Fsp3) is 0.435. The van der Waals surface area contributed by atoms with Crippen LogP contribution in [0.25, 0.3) is 0 Å². The highest BCUT2D eigenvalue weighted by atomic mass is 16.2. The third-order valence-electron chi connectivity index (χ3n) is 5.36. The van der Waals surface area contributed by atoms with Gasteiger partial charge in [-0.25, -0.2) is 0 Å². The lowest BCUT2D eigenvalue weighted by molar-refractivity contribution is -0.122. The molecule has 26 heavy (non-hydrogen) atoms. The summed E-state index contributed by atoms with van der Waals surface area (Å²) < 4.78 is 0. The van der Waals surface area contributed by atoms with Crippen molar-refractivity contribution < 1.29 is 4.79 Å². The number of hydrogen-bond acceptors (Lipinski definition) is 2. The second kappa shape index (κ2) is 8.05. The minimum absolute atomic E-state index is 0.0647.